The van der Waals surface area contributed by atoms with Crippen LogP contribution in [0, 0.1) is 0 Å². The quantitative estimate of drug-likeness (QED) is 0.363. The topological polar surface area (TPSA) is 101 Å². The lowest BCUT2D eigenvalue weighted by Crippen LogP contribution is -2.32. The van der Waals surface area contributed by atoms with Crippen LogP contribution in [-0.2, 0) is 0 Å². The third-order valence-corrected chi connectivity index (χ3v) is 4.81. The number of nitrogens with one attached hydrogen (secondary N) is 2. The van der Waals surface area contributed by atoms with Gasteiger partial charge in [0.05, 0.1) is 31.0 Å². The van der Waals surface area contributed by atoms with E-state index in [4.69, 9.17) is 9.47 Å². The number of hydrogen-bond acceptors (Lipinski definition) is 5. The van der Waals surface area contributed by atoms with Gasteiger partial charge in [-0.2, -0.15) is 5.10 Å². The van der Waals surface area contributed by atoms with Gasteiger partial charge in [0.25, 0.3) is 0 Å². The molecule has 8 heteroatoms. The van der Waals surface area contributed by atoms with Gasteiger partial charge in [-0.15, -0.1) is 4.68 Å². The van der Waals surface area contributed by atoms with Crippen LogP contribution in [-0.4, -0.2) is 34.6 Å². The van der Waals surface area contributed by atoms with Crippen LogP contribution in [0.3, 0.4) is 0 Å². The molecule has 2 aromatic carbocycles. The maximum absolute atomic E-state index is 12.8. The highest BCUT2D eigenvalue weighted by Gasteiger charge is 2.13. The number of rotatable bonds is 7. The highest BCUT2D eigenvalue weighted by molar-refractivity contribution is 6.04. The van der Waals surface area contributed by atoms with E-state index in [1.54, 1.807) is 25.3 Å². The summed E-state index contributed by atoms with van der Waals surface area (Å²) in [5.74, 6) is 1.42. The maximum atomic E-state index is 12.8. The van der Waals surface area contributed by atoms with Crippen molar-refractivity contribution in [3.8, 4) is 11.5 Å². The van der Waals surface area contributed by atoms with Crippen LogP contribution in [0.25, 0.3) is 21.9 Å². The number of fused-ring (bicyclic) bond motifs is 3. The molecule has 0 atom stereocenters. The zero-order chi connectivity index (χ0) is 21.1. The third-order valence-electron chi connectivity index (χ3n) is 4.81. The van der Waals surface area contributed by atoms with Crippen LogP contribution < -0.4 is 20.7 Å². The normalized spacial score (nSPS) is 11.5. The van der Waals surface area contributed by atoms with Crippen molar-refractivity contribution in [2.24, 2.45) is 5.10 Å². The Labute approximate surface area is 171 Å². The molecule has 4 aromatic rings. The first-order valence-corrected chi connectivity index (χ1v) is 9.72. The van der Waals surface area contributed by atoms with Gasteiger partial charge in [-0.1, -0.05) is 13.3 Å². The molecule has 4 rings (SSSR count). The Bertz CT molecular complexity index is 1330. The van der Waals surface area contributed by atoms with Gasteiger partial charge < -0.3 is 19.4 Å². The van der Waals surface area contributed by atoms with Crippen LogP contribution in [0.2, 0.25) is 0 Å². The number of H-pyrrole nitrogens is 2. The second kappa shape index (κ2) is 8.28. The summed E-state index contributed by atoms with van der Waals surface area (Å²) in [7, 11) is 1.57. The summed E-state index contributed by atoms with van der Waals surface area (Å²) in [5, 5.41) is 4.82. The molecule has 154 valence electrons. The van der Waals surface area contributed by atoms with Crippen molar-refractivity contribution in [1.29, 1.82) is 0 Å². The Hall–Kier alpha value is -3.81. The van der Waals surface area contributed by atoms with E-state index in [0.717, 1.165) is 34.2 Å². The van der Waals surface area contributed by atoms with Crippen molar-refractivity contribution in [3.63, 3.8) is 0 Å². The van der Waals surface area contributed by atoms with Crippen molar-refractivity contribution < 1.29 is 9.47 Å². The Morgan fingerprint density at radius 3 is 2.53 bits per heavy atom. The van der Waals surface area contributed by atoms with E-state index in [0.29, 0.717) is 23.4 Å². The summed E-state index contributed by atoms with van der Waals surface area (Å²) in [6.07, 6.45) is 3.53. The molecular formula is C22H22N4O4. The lowest BCUT2D eigenvalue weighted by atomic mass is 10.2. The second-order valence-corrected chi connectivity index (χ2v) is 6.85. The van der Waals surface area contributed by atoms with Crippen LogP contribution in [0.1, 0.15) is 25.3 Å². The standard InChI is InChI=1S/C22H22N4O4/c1-3-4-11-30-15-7-5-14(6-8-15)13-23-26-21(27)20-19(25-22(26)28)17-10-9-16(29-2)12-18(17)24-20/h5-10,12-13,24H,3-4,11H2,1-2H3,(H,25,28)/b23-13+. The third kappa shape index (κ3) is 3.71. The fourth-order valence-electron chi connectivity index (χ4n) is 3.17. The maximum Gasteiger partial charge on any atom is 0.350 e. The lowest BCUT2D eigenvalue weighted by Gasteiger charge is -2.04. The number of unbranched alkanes of at least 4 members (excludes halogenated alkanes) is 1. The molecule has 0 fully saturated rings. The van der Waals surface area contributed by atoms with Crippen LogP contribution in [0.4, 0.5) is 0 Å². The molecule has 2 aromatic heterocycles. The van der Waals surface area contributed by atoms with Gasteiger partial charge in [-0.3, -0.25) is 4.79 Å². The molecule has 0 saturated heterocycles. The number of aromatic nitrogens is 3. The molecule has 0 spiro atoms. The molecule has 0 amide bonds. The van der Waals surface area contributed by atoms with Crippen molar-refractivity contribution >= 4 is 28.2 Å². The van der Waals surface area contributed by atoms with Crippen molar-refractivity contribution in [2.45, 2.75) is 19.8 Å². The summed E-state index contributed by atoms with van der Waals surface area (Å²) in [5.41, 5.74) is 1.01. The van der Waals surface area contributed by atoms with Crippen molar-refractivity contribution in [1.82, 2.24) is 14.6 Å². The predicted molar refractivity (Wildman–Crippen MR) is 117 cm³/mol. The summed E-state index contributed by atoms with van der Waals surface area (Å²) in [6, 6.07) is 12.6. The first-order chi connectivity index (χ1) is 14.6. The second-order valence-electron chi connectivity index (χ2n) is 6.85. The van der Waals surface area contributed by atoms with E-state index in [1.807, 2.05) is 24.3 Å². The average molecular weight is 406 g/mol. The van der Waals surface area contributed by atoms with Gasteiger partial charge >= 0.3 is 11.2 Å². The van der Waals surface area contributed by atoms with Gasteiger partial charge in [0.1, 0.15) is 17.0 Å². The smallest absolute Gasteiger partial charge is 0.350 e. The molecule has 0 radical (unpaired) electrons. The van der Waals surface area contributed by atoms with Gasteiger partial charge in [0, 0.05) is 11.5 Å². The SMILES string of the molecule is CCCCOc1ccc(/C=N/n2c(=O)[nH]c3c([nH]c4cc(OC)ccc43)c2=O)cc1. The summed E-state index contributed by atoms with van der Waals surface area (Å²) in [6.45, 7) is 2.78. The van der Waals surface area contributed by atoms with Gasteiger partial charge in [0.15, 0.2) is 0 Å². The molecule has 0 aliphatic rings. The summed E-state index contributed by atoms with van der Waals surface area (Å²) < 4.78 is 11.6. The highest BCUT2D eigenvalue weighted by atomic mass is 16.5. The zero-order valence-electron chi connectivity index (χ0n) is 16.8. The molecule has 8 nitrogen and oxygen atoms in total. The minimum Gasteiger partial charge on any atom is -0.497 e. The molecule has 0 bridgehead atoms. The monoisotopic (exact) mass is 406 g/mol. The Morgan fingerprint density at radius 1 is 1.03 bits per heavy atom. The first-order valence-electron chi connectivity index (χ1n) is 9.72. The number of nitrogens with zero attached hydrogens (tertiary/aromatic N) is 2. The molecular weight excluding hydrogens is 384 g/mol. The van der Waals surface area contributed by atoms with Crippen molar-refractivity contribution in [2.75, 3.05) is 13.7 Å². The van der Waals surface area contributed by atoms with E-state index in [1.165, 1.54) is 6.21 Å². The Morgan fingerprint density at radius 2 is 1.80 bits per heavy atom. The number of hydrogen-bond donors (Lipinski definition) is 2. The van der Waals surface area contributed by atoms with Gasteiger partial charge in [0.2, 0.25) is 0 Å². The molecule has 2 N–H and O–H groups in total. The van der Waals surface area contributed by atoms with Crippen LogP contribution in [0.15, 0.2) is 57.2 Å². The largest absolute Gasteiger partial charge is 0.497 e. The van der Waals surface area contributed by atoms with Crippen molar-refractivity contribution in [3.05, 3.63) is 68.9 Å². The average Bonchev–Trinajstić information content (AvgIpc) is 3.12. The number of ether oxygens (including phenoxy) is 2. The molecule has 0 unspecified atom stereocenters. The number of methoxy groups -OCH3 is 1. The van der Waals surface area contributed by atoms with E-state index >= 15 is 0 Å². The number of aromatic amines is 2. The summed E-state index contributed by atoms with van der Waals surface area (Å²) in [4.78, 5) is 31.1. The van der Waals surface area contributed by atoms with Crippen LogP contribution in [0.5, 0.6) is 11.5 Å². The van der Waals surface area contributed by atoms with Gasteiger partial charge in [-0.25, -0.2) is 4.79 Å². The first kappa shape index (κ1) is 19.5. The molecule has 2 heterocycles. The minimum absolute atomic E-state index is 0.273. The fourth-order valence-corrected chi connectivity index (χ4v) is 3.17. The Balaban J connectivity index is 1.66. The fraction of sp³-hybridized carbons (Fsp3) is 0.227. The lowest BCUT2D eigenvalue weighted by molar-refractivity contribution is 0.309. The van der Waals surface area contributed by atoms with Crippen LogP contribution >= 0.6 is 0 Å². The zero-order valence-corrected chi connectivity index (χ0v) is 16.8. The predicted octanol–water partition coefficient (Wildman–Crippen LogP) is 3.24. The number of benzene rings is 2. The van der Waals surface area contributed by atoms with E-state index in [2.05, 4.69) is 22.0 Å². The molecule has 30 heavy (non-hydrogen) atoms. The Kier molecular flexibility index (Phi) is 5.38. The molecule has 0 aliphatic heterocycles. The molecule has 0 saturated carbocycles. The van der Waals surface area contributed by atoms with E-state index in [-0.39, 0.29) is 5.52 Å². The van der Waals surface area contributed by atoms with E-state index in [9.17, 15) is 9.59 Å². The van der Waals surface area contributed by atoms with E-state index < -0.39 is 11.2 Å². The highest BCUT2D eigenvalue weighted by Crippen LogP contribution is 2.24. The van der Waals surface area contributed by atoms with Gasteiger partial charge in [-0.05, 0) is 48.4 Å². The summed E-state index contributed by atoms with van der Waals surface area (Å²) >= 11 is 0. The molecule has 0 aliphatic carbocycles. The minimum atomic E-state index is -0.611.